The number of aryl methyl sites for hydroxylation is 2. The largest absolute Gasteiger partial charge is 0.317 e. The van der Waals surface area contributed by atoms with E-state index in [1.165, 1.54) is 0 Å². The maximum absolute atomic E-state index is 11.9. The highest BCUT2D eigenvalue weighted by molar-refractivity contribution is 7.92. The Labute approximate surface area is 109 Å². The van der Waals surface area contributed by atoms with Gasteiger partial charge in [-0.05, 0) is 39.8 Å². The van der Waals surface area contributed by atoms with E-state index in [4.69, 9.17) is 0 Å². The van der Waals surface area contributed by atoms with Crippen molar-refractivity contribution in [2.45, 2.75) is 33.6 Å². The van der Waals surface area contributed by atoms with Crippen LogP contribution in [0.1, 0.15) is 31.2 Å². The van der Waals surface area contributed by atoms with E-state index in [9.17, 15) is 8.42 Å². The molecular weight excluding hydrogens is 252 g/mol. The molecule has 0 unspecified atom stereocenters. The summed E-state index contributed by atoms with van der Waals surface area (Å²) in [7, 11) is -3.29. The summed E-state index contributed by atoms with van der Waals surface area (Å²) < 4.78 is 26.3. The van der Waals surface area contributed by atoms with Crippen LogP contribution in [-0.2, 0) is 10.0 Å². The number of aromatic nitrogens is 2. The topological polar surface area (TPSA) is 86.9 Å². The van der Waals surface area contributed by atoms with Crippen LogP contribution in [0, 0.1) is 13.8 Å². The summed E-state index contributed by atoms with van der Waals surface area (Å²) in [5.41, 5.74) is 1.97. The summed E-state index contributed by atoms with van der Waals surface area (Å²) in [6.07, 6.45) is 1.66. The van der Waals surface area contributed by atoms with Crippen molar-refractivity contribution in [2.75, 3.05) is 23.6 Å². The van der Waals surface area contributed by atoms with Gasteiger partial charge in [-0.3, -0.25) is 9.82 Å². The Kier molecular flexibility index (Phi) is 5.61. The lowest BCUT2D eigenvalue weighted by molar-refractivity contribution is 0.593. The van der Waals surface area contributed by atoms with Crippen molar-refractivity contribution in [2.24, 2.45) is 0 Å². The second-order valence-electron chi connectivity index (χ2n) is 4.33. The lowest BCUT2D eigenvalue weighted by Crippen LogP contribution is -2.22. The number of aromatic amines is 1. The fourth-order valence-corrected chi connectivity index (χ4v) is 2.84. The summed E-state index contributed by atoms with van der Waals surface area (Å²) in [4.78, 5) is 0. The molecule has 0 saturated carbocycles. The molecule has 7 heteroatoms. The smallest absolute Gasteiger partial charge is 0.232 e. The summed E-state index contributed by atoms with van der Waals surface area (Å²) in [5, 5.41) is 9.89. The fraction of sp³-hybridized carbons (Fsp3) is 0.727. The number of hydrogen-bond acceptors (Lipinski definition) is 4. The minimum atomic E-state index is -3.29. The van der Waals surface area contributed by atoms with Crippen molar-refractivity contribution in [1.29, 1.82) is 0 Å². The number of sulfonamides is 1. The summed E-state index contributed by atoms with van der Waals surface area (Å²) >= 11 is 0. The van der Waals surface area contributed by atoms with Crippen LogP contribution in [0.15, 0.2) is 0 Å². The van der Waals surface area contributed by atoms with E-state index in [-0.39, 0.29) is 5.75 Å². The van der Waals surface area contributed by atoms with E-state index in [2.05, 4.69) is 27.2 Å². The summed E-state index contributed by atoms with van der Waals surface area (Å²) in [5.74, 6) is 0.119. The lowest BCUT2D eigenvalue weighted by atomic mass is 10.3. The van der Waals surface area contributed by atoms with E-state index < -0.39 is 10.0 Å². The van der Waals surface area contributed by atoms with Gasteiger partial charge in [0, 0.05) is 0 Å². The molecule has 1 heterocycles. The summed E-state index contributed by atoms with van der Waals surface area (Å²) in [6, 6.07) is 0. The van der Waals surface area contributed by atoms with Crippen molar-refractivity contribution in [1.82, 2.24) is 15.5 Å². The molecule has 0 atom stereocenters. The van der Waals surface area contributed by atoms with Crippen molar-refractivity contribution in [3.05, 3.63) is 11.4 Å². The third-order valence-electron chi connectivity index (χ3n) is 2.58. The van der Waals surface area contributed by atoms with Gasteiger partial charge in [0.2, 0.25) is 10.0 Å². The standard InChI is InChI=1S/C11H22N4O2S/c1-4-6-12-7-5-8-18(16,17)15-11-9(2)13-14-10(11)3/h12,15H,4-8H2,1-3H3,(H,13,14). The highest BCUT2D eigenvalue weighted by Gasteiger charge is 2.14. The number of nitrogens with zero attached hydrogens (tertiary/aromatic N) is 1. The Hall–Kier alpha value is -1.08. The molecule has 0 saturated heterocycles. The zero-order chi connectivity index (χ0) is 13.6. The third kappa shape index (κ3) is 4.66. The highest BCUT2D eigenvalue weighted by Crippen LogP contribution is 2.17. The summed E-state index contributed by atoms with van der Waals surface area (Å²) in [6.45, 7) is 7.28. The number of H-pyrrole nitrogens is 1. The van der Waals surface area contributed by atoms with Crippen molar-refractivity contribution in [3.8, 4) is 0 Å². The Morgan fingerprint density at radius 1 is 1.28 bits per heavy atom. The van der Waals surface area contributed by atoms with Gasteiger partial charge in [0.05, 0.1) is 22.8 Å². The van der Waals surface area contributed by atoms with E-state index in [1.54, 1.807) is 13.8 Å². The van der Waals surface area contributed by atoms with Crippen molar-refractivity contribution < 1.29 is 8.42 Å². The molecule has 18 heavy (non-hydrogen) atoms. The Morgan fingerprint density at radius 3 is 2.56 bits per heavy atom. The van der Waals surface area contributed by atoms with Crippen LogP contribution in [0.4, 0.5) is 5.69 Å². The normalized spacial score (nSPS) is 11.7. The molecule has 0 amide bonds. The number of hydrogen-bond donors (Lipinski definition) is 3. The average molecular weight is 274 g/mol. The molecule has 1 aromatic rings. The predicted octanol–water partition coefficient (Wildman–Crippen LogP) is 1.16. The van der Waals surface area contributed by atoms with Gasteiger partial charge in [-0.25, -0.2) is 8.42 Å². The number of nitrogens with one attached hydrogen (secondary N) is 3. The quantitative estimate of drug-likeness (QED) is 0.621. The molecular formula is C11H22N4O2S. The minimum Gasteiger partial charge on any atom is -0.317 e. The van der Waals surface area contributed by atoms with Gasteiger partial charge in [0.15, 0.2) is 0 Å². The molecule has 3 N–H and O–H groups in total. The van der Waals surface area contributed by atoms with Gasteiger partial charge < -0.3 is 5.32 Å². The van der Waals surface area contributed by atoms with Crippen LogP contribution in [0.5, 0.6) is 0 Å². The van der Waals surface area contributed by atoms with Crippen LogP contribution in [0.25, 0.3) is 0 Å². The maximum Gasteiger partial charge on any atom is 0.232 e. The molecule has 0 aliphatic rings. The van der Waals surface area contributed by atoms with Gasteiger partial charge in [-0.2, -0.15) is 5.10 Å². The first kappa shape index (κ1) is 15.0. The van der Waals surface area contributed by atoms with Gasteiger partial charge in [-0.15, -0.1) is 0 Å². The van der Waals surface area contributed by atoms with Crippen LogP contribution < -0.4 is 10.0 Å². The van der Waals surface area contributed by atoms with Crippen LogP contribution >= 0.6 is 0 Å². The van der Waals surface area contributed by atoms with Gasteiger partial charge >= 0.3 is 0 Å². The van der Waals surface area contributed by atoms with Crippen LogP contribution in [0.3, 0.4) is 0 Å². The maximum atomic E-state index is 11.9. The molecule has 0 aliphatic carbocycles. The fourth-order valence-electron chi connectivity index (χ4n) is 1.60. The molecule has 104 valence electrons. The second-order valence-corrected chi connectivity index (χ2v) is 6.18. The van der Waals surface area contributed by atoms with Gasteiger partial charge in [0.25, 0.3) is 0 Å². The molecule has 0 aliphatic heterocycles. The molecule has 1 rings (SSSR count). The van der Waals surface area contributed by atoms with E-state index >= 15 is 0 Å². The first-order valence-corrected chi connectivity index (χ1v) is 7.84. The van der Waals surface area contributed by atoms with E-state index in [0.717, 1.165) is 25.2 Å². The molecule has 0 radical (unpaired) electrons. The number of rotatable bonds is 8. The average Bonchev–Trinajstić information content (AvgIpc) is 2.60. The first-order valence-electron chi connectivity index (χ1n) is 6.19. The van der Waals surface area contributed by atoms with Crippen LogP contribution in [-0.4, -0.2) is 37.5 Å². The SMILES string of the molecule is CCCNCCCS(=O)(=O)Nc1c(C)n[nH]c1C. The van der Waals surface area contributed by atoms with E-state index in [1.807, 2.05) is 0 Å². The Balaban J connectivity index is 2.45. The molecule has 0 bridgehead atoms. The minimum absolute atomic E-state index is 0.119. The number of anilines is 1. The van der Waals surface area contributed by atoms with Crippen molar-refractivity contribution >= 4 is 15.7 Å². The predicted molar refractivity (Wildman–Crippen MR) is 73.2 cm³/mol. The molecule has 0 aromatic carbocycles. The van der Waals surface area contributed by atoms with Crippen molar-refractivity contribution in [3.63, 3.8) is 0 Å². The molecule has 6 nitrogen and oxygen atoms in total. The molecule has 0 spiro atoms. The van der Waals surface area contributed by atoms with Crippen LogP contribution in [0.2, 0.25) is 0 Å². The van der Waals surface area contributed by atoms with E-state index in [0.29, 0.717) is 17.8 Å². The molecule has 1 aromatic heterocycles. The second kappa shape index (κ2) is 6.75. The lowest BCUT2D eigenvalue weighted by Gasteiger charge is -2.08. The zero-order valence-electron chi connectivity index (χ0n) is 11.2. The molecule has 0 fully saturated rings. The zero-order valence-corrected chi connectivity index (χ0v) is 12.0. The van der Waals surface area contributed by atoms with Gasteiger partial charge in [-0.1, -0.05) is 6.92 Å². The Morgan fingerprint density at radius 2 is 2.00 bits per heavy atom. The Bertz CT molecular complexity index is 448. The first-order chi connectivity index (χ1) is 8.46. The highest BCUT2D eigenvalue weighted by atomic mass is 32.2. The third-order valence-corrected chi connectivity index (χ3v) is 3.92. The van der Waals surface area contributed by atoms with Gasteiger partial charge in [0.1, 0.15) is 0 Å². The monoisotopic (exact) mass is 274 g/mol.